The molecular formula is C20H21N5OS. The third-order valence-electron chi connectivity index (χ3n) is 4.29. The summed E-state index contributed by atoms with van der Waals surface area (Å²) >= 11 is 1.47. The lowest BCUT2D eigenvalue weighted by Crippen LogP contribution is -2.25. The predicted molar refractivity (Wildman–Crippen MR) is 109 cm³/mol. The van der Waals surface area contributed by atoms with Gasteiger partial charge in [0.15, 0.2) is 5.16 Å². The Hall–Kier alpha value is -2.80. The number of aromatic amines is 1. The minimum Gasteiger partial charge on any atom is -0.348 e. The van der Waals surface area contributed by atoms with Crippen LogP contribution in [0.4, 0.5) is 0 Å². The fraction of sp³-hybridized carbons (Fsp3) is 0.250. The second-order valence-corrected chi connectivity index (χ2v) is 7.24. The van der Waals surface area contributed by atoms with E-state index in [9.17, 15) is 4.79 Å². The highest BCUT2D eigenvalue weighted by molar-refractivity contribution is 7.99. The summed E-state index contributed by atoms with van der Waals surface area (Å²) < 4.78 is 2.19. The zero-order valence-corrected chi connectivity index (χ0v) is 15.9. The van der Waals surface area contributed by atoms with Gasteiger partial charge in [0.05, 0.1) is 34.4 Å². The van der Waals surface area contributed by atoms with Crippen LogP contribution >= 0.6 is 11.8 Å². The molecule has 0 bridgehead atoms. The minimum absolute atomic E-state index is 0.0319. The zero-order chi connectivity index (χ0) is 18.6. The first-order valence-electron chi connectivity index (χ1n) is 9.03. The Morgan fingerprint density at radius 3 is 2.70 bits per heavy atom. The average Bonchev–Trinajstić information content (AvgIpc) is 3.26. The standard InChI is InChI=1S/C20H21N5OS/c1-2-11-25-17-10-6-5-9-16(17)24-20(25)27-13-19(26)21-12-18-22-14-7-3-4-8-15(14)23-18/h3-10H,2,11-13H2,1H3,(H,21,26)(H,22,23). The van der Waals surface area contributed by atoms with E-state index in [1.54, 1.807) is 0 Å². The number of aromatic nitrogens is 4. The summed E-state index contributed by atoms with van der Waals surface area (Å²) in [5, 5.41) is 3.81. The number of benzene rings is 2. The van der Waals surface area contributed by atoms with Crippen LogP contribution in [0.3, 0.4) is 0 Å². The Bertz CT molecular complexity index is 1050. The van der Waals surface area contributed by atoms with E-state index in [0.29, 0.717) is 12.3 Å². The Morgan fingerprint density at radius 2 is 1.89 bits per heavy atom. The van der Waals surface area contributed by atoms with E-state index in [4.69, 9.17) is 0 Å². The molecule has 2 heterocycles. The van der Waals surface area contributed by atoms with Crippen LogP contribution in [0.15, 0.2) is 53.7 Å². The molecule has 0 aliphatic heterocycles. The summed E-state index contributed by atoms with van der Waals surface area (Å²) in [4.78, 5) is 24.7. The molecule has 4 aromatic rings. The fourth-order valence-corrected chi connectivity index (χ4v) is 3.93. The first kappa shape index (κ1) is 17.6. The average molecular weight is 379 g/mol. The molecule has 0 spiro atoms. The van der Waals surface area contributed by atoms with Gasteiger partial charge in [-0.1, -0.05) is 43.0 Å². The van der Waals surface area contributed by atoms with E-state index >= 15 is 0 Å². The van der Waals surface area contributed by atoms with Crippen molar-refractivity contribution in [2.24, 2.45) is 0 Å². The number of nitrogens with zero attached hydrogens (tertiary/aromatic N) is 3. The van der Waals surface area contributed by atoms with Gasteiger partial charge < -0.3 is 14.9 Å². The highest BCUT2D eigenvalue weighted by Gasteiger charge is 2.12. The summed E-state index contributed by atoms with van der Waals surface area (Å²) in [7, 11) is 0. The lowest BCUT2D eigenvalue weighted by atomic mass is 10.3. The maximum atomic E-state index is 12.3. The molecule has 4 rings (SSSR count). The second kappa shape index (κ2) is 7.84. The van der Waals surface area contributed by atoms with Crippen molar-refractivity contribution < 1.29 is 4.79 Å². The van der Waals surface area contributed by atoms with E-state index in [1.165, 1.54) is 11.8 Å². The predicted octanol–water partition coefficient (Wildman–Crippen LogP) is 3.73. The van der Waals surface area contributed by atoms with Crippen molar-refractivity contribution in [3.63, 3.8) is 0 Å². The Labute approximate surface area is 161 Å². The van der Waals surface area contributed by atoms with Gasteiger partial charge in [-0.05, 0) is 30.7 Å². The molecule has 0 saturated heterocycles. The molecule has 7 heteroatoms. The molecule has 2 aromatic heterocycles. The SMILES string of the molecule is CCCn1c(SCC(=O)NCc2nc3ccccc3[nH]2)nc2ccccc21. The van der Waals surface area contributed by atoms with Gasteiger partial charge in [0.25, 0.3) is 0 Å². The van der Waals surface area contributed by atoms with Gasteiger partial charge in [-0.2, -0.15) is 0 Å². The van der Waals surface area contributed by atoms with Crippen LogP contribution in [0, 0.1) is 0 Å². The van der Waals surface area contributed by atoms with Crippen LogP contribution in [0.1, 0.15) is 19.2 Å². The van der Waals surface area contributed by atoms with Gasteiger partial charge in [0.1, 0.15) is 5.82 Å². The highest BCUT2D eigenvalue weighted by atomic mass is 32.2. The number of H-pyrrole nitrogens is 1. The maximum Gasteiger partial charge on any atom is 0.230 e. The van der Waals surface area contributed by atoms with Crippen molar-refractivity contribution in [1.29, 1.82) is 0 Å². The maximum absolute atomic E-state index is 12.3. The largest absolute Gasteiger partial charge is 0.348 e. The van der Waals surface area contributed by atoms with Crippen molar-refractivity contribution in [2.45, 2.75) is 31.6 Å². The topological polar surface area (TPSA) is 75.6 Å². The number of hydrogen-bond acceptors (Lipinski definition) is 4. The lowest BCUT2D eigenvalue weighted by molar-refractivity contribution is -0.118. The first-order valence-corrected chi connectivity index (χ1v) is 10.0. The summed E-state index contributed by atoms with van der Waals surface area (Å²) in [6, 6.07) is 15.9. The number of nitrogens with one attached hydrogen (secondary N) is 2. The summed E-state index contributed by atoms with van der Waals surface area (Å²) in [6.45, 7) is 3.42. The van der Waals surface area contributed by atoms with Crippen molar-refractivity contribution in [3.05, 3.63) is 54.4 Å². The number of rotatable bonds is 7. The molecule has 1 amide bonds. The Balaban J connectivity index is 1.39. The number of para-hydroxylation sites is 4. The number of amides is 1. The molecule has 0 fully saturated rings. The van der Waals surface area contributed by atoms with Crippen LogP contribution in [-0.4, -0.2) is 31.2 Å². The summed E-state index contributed by atoms with van der Waals surface area (Å²) in [5.41, 5.74) is 3.97. The number of carbonyl (C=O) groups is 1. The molecular weight excluding hydrogens is 358 g/mol. The summed E-state index contributed by atoms with van der Waals surface area (Å²) in [5.74, 6) is 1.05. The number of imidazole rings is 2. The Kier molecular flexibility index (Phi) is 5.11. The number of thioether (sulfide) groups is 1. The molecule has 138 valence electrons. The Morgan fingerprint density at radius 1 is 1.11 bits per heavy atom. The molecule has 0 saturated carbocycles. The molecule has 2 aromatic carbocycles. The van der Waals surface area contributed by atoms with Crippen molar-refractivity contribution >= 4 is 39.7 Å². The van der Waals surface area contributed by atoms with Crippen LogP contribution in [0.2, 0.25) is 0 Å². The second-order valence-electron chi connectivity index (χ2n) is 6.30. The smallest absolute Gasteiger partial charge is 0.230 e. The normalized spacial score (nSPS) is 11.3. The molecule has 0 aliphatic carbocycles. The zero-order valence-electron chi connectivity index (χ0n) is 15.1. The van der Waals surface area contributed by atoms with Crippen LogP contribution in [0.25, 0.3) is 22.1 Å². The van der Waals surface area contributed by atoms with E-state index in [0.717, 1.165) is 46.0 Å². The molecule has 27 heavy (non-hydrogen) atoms. The molecule has 0 radical (unpaired) electrons. The lowest BCUT2D eigenvalue weighted by Gasteiger charge is -2.07. The number of hydrogen-bond donors (Lipinski definition) is 2. The molecule has 0 aliphatic rings. The van der Waals surface area contributed by atoms with Crippen LogP contribution in [0.5, 0.6) is 0 Å². The third kappa shape index (κ3) is 3.83. The van der Waals surface area contributed by atoms with E-state index in [1.807, 2.05) is 42.5 Å². The van der Waals surface area contributed by atoms with Crippen molar-refractivity contribution in [2.75, 3.05) is 5.75 Å². The van der Waals surface area contributed by atoms with Gasteiger partial charge in [-0.3, -0.25) is 4.79 Å². The third-order valence-corrected chi connectivity index (χ3v) is 5.27. The molecule has 2 N–H and O–H groups in total. The van der Waals surface area contributed by atoms with E-state index < -0.39 is 0 Å². The molecule has 0 unspecified atom stereocenters. The molecule has 6 nitrogen and oxygen atoms in total. The van der Waals surface area contributed by atoms with Gasteiger partial charge in [0.2, 0.25) is 5.91 Å². The van der Waals surface area contributed by atoms with Gasteiger partial charge in [-0.15, -0.1) is 0 Å². The van der Waals surface area contributed by atoms with Crippen molar-refractivity contribution in [3.8, 4) is 0 Å². The van der Waals surface area contributed by atoms with Gasteiger partial charge in [0, 0.05) is 6.54 Å². The summed E-state index contributed by atoms with van der Waals surface area (Å²) in [6.07, 6.45) is 1.02. The number of carbonyl (C=O) groups excluding carboxylic acids is 1. The first-order chi connectivity index (χ1) is 13.2. The van der Waals surface area contributed by atoms with E-state index in [2.05, 4.69) is 37.8 Å². The van der Waals surface area contributed by atoms with E-state index in [-0.39, 0.29) is 5.91 Å². The van der Waals surface area contributed by atoms with Gasteiger partial charge >= 0.3 is 0 Å². The van der Waals surface area contributed by atoms with Crippen molar-refractivity contribution in [1.82, 2.24) is 24.8 Å². The number of aryl methyl sites for hydroxylation is 1. The fourth-order valence-electron chi connectivity index (χ4n) is 3.06. The van der Waals surface area contributed by atoms with Crippen LogP contribution in [-0.2, 0) is 17.9 Å². The monoisotopic (exact) mass is 379 g/mol. The highest BCUT2D eigenvalue weighted by Crippen LogP contribution is 2.24. The van der Waals surface area contributed by atoms with Crippen LogP contribution < -0.4 is 5.32 Å². The number of fused-ring (bicyclic) bond motifs is 2. The minimum atomic E-state index is -0.0319. The molecule has 0 atom stereocenters. The quantitative estimate of drug-likeness (QED) is 0.480. The van der Waals surface area contributed by atoms with Gasteiger partial charge in [-0.25, -0.2) is 9.97 Å².